The summed E-state index contributed by atoms with van der Waals surface area (Å²) in [7, 11) is 0. The highest BCUT2D eigenvalue weighted by Crippen LogP contribution is 2.19. The molecule has 2 amide bonds. The zero-order valence-electron chi connectivity index (χ0n) is 14.7. The smallest absolute Gasteiger partial charge is 0.240 e. The van der Waals surface area contributed by atoms with Crippen LogP contribution in [0.3, 0.4) is 0 Å². The quantitative estimate of drug-likeness (QED) is 0.506. The van der Waals surface area contributed by atoms with Crippen LogP contribution in [0.1, 0.15) is 25.3 Å². The molecule has 2 N–H and O–H groups in total. The Balaban J connectivity index is 1.74. The van der Waals surface area contributed by atoms with Crippen molar-refractivity contribution in [1.82, 2.24) is 5.43 Å². The van der Waals surface area contributed by atoms with Crippen LogP contribution < -0.4 is 15.5 Å². The number of nitrogens with zero attached hydrogens (tertiary/aromatic N) is 1. The van der Waals surface area contributed by atoms with Gasteiger partial charge in [0.1, 0.15) is 5.75 Å². The Morgan fingerprint density at radius 3 is 2.44 bits per heavy atom. The summed E-state index contributed by atoms with van der Waals surface area (Å²) >= 11 is 11.8. The van der Waals surface area contributed by atoms with E-state index in [0.717, 1.165) is 5.75 Å². The maximum Gasteiger partial charge on any atom is 0.240 e. The molecule has 0 radical (unpaired) electrons. The second-order valence-corrected chi connectivity index (χ2v) is 6.31. The minimum atomic E-state index is -0.377. The van der Waals surface area contributed by atoms with Gasteiger partial charge in [0.25, 0.3) is 0 Å². The molecule has 2 aromatic carbocycles. The number of nitrogens with one attached hydrogen (secondary N) is 2. The first-order valence-corrected chi connectivity index (χ1v) is 9.03. The van der Waals surface area contributed by atoms with Crippen LogP contribution in [0.25, 0.3) is 0 Å². The Morgan fingerprint density at radius 1 is 1.07 bits per heavy atom. The molecule has 0 bridgehead atoms. The van der Waals surface area contributed by atoms with Gasteiger partial charge in [-0.15, -0.1) is 0 Å². The molecule has 8 heteroatoms. The van der Waals surface area contributed by atoms with Crippen LogP contribution in [-0.4, -0.2) is 24.6 Å². The average Bonchev–Trinajstić information content (AvgIpc) is 2.64. The molecule has 27 heavy (non-hydrogen) atoms. The van der Waals surface area contributed by atoms with Gasteiger partial charge in [0.05, 0.1) is 17.8 Å². The molecular weight excluding hydrogens is 389 g/mol. The number of halogens is 2. The predicted molar refractivity (Wildman–Crippen MR) is 108 cm³/mol. The van der Waals surface area contributed by atoms with Gasteiger partial charge >= 0.3 is 0 Å². The van der Waals surface area contributed by atoms with Gasteiger partial charge in [-0.2, -0.15) is 5.10 Å². The van der Waals surface area contributed by atoms with Gasteiger partial charge < -0.3 is 10.1 Å². The third kappa shape index (κ3) is 7.29. The average molecular weight is 408 g/mol. The van der Waals surface area contributed by atoms with Gasteiger partial charge in [-0.1, -0.05) is 29.3 Å². The third-order valence-electron chi connectivity index (χ3n) is 3.38. The second kappa shape index (κ2) is 10.5. The number of carbonyl (C=O) groups is 2. The fourth-order valence-corrected chi connectivity index (χ4v) is 2.54. The molecule has 2 rings (SSSR count). The van der Waals surface area contributed by atoms with Crippen molar-refractivity contribution >= 4 is 46.9 Å². The number of hydrazone groups is 1. The SMILES string of the molecule is CCOc1ccc(NC(=O)CCC(=O)N/N=C/c2ccc(Cl)cc2Cl)cc1. The number of anilines is 1. The molecule has 6 nitrogen and oxygen atoms in total. The first-order valence-electron chi connectivity index (χ1n) is 8.27. The first-order chi connectivity index (χ1) is 13.0. The summed E-state index contributed by atoms with van der Waals surface area (Å²) in [6, 6.07) is 11.9. The Morgan fingerprint density at radius 2 is 1.78 bits per heavy atom. The van der Waals surface area contributed by atoms with Crippen molar-refractivity contribution in [3.8, 4) is 5.75 Å². The maximum atomic E-state index is 11.9. The van der Waals surface area contributed by atoms with Crippen molar-refractivity contribution in [2.45, 2.75) is 19.8 Å². The van der Waals surface area contributed by atoms with Crippen LogP contribution in [0.5, 0.6) is 5.75 Å². The lowest BCUT2D eigenvalue weighted by atomic mass is 10.2. The van der Waals surface area contributed by atoms with E-state index in [1.807, 2.05) is 6.92 Å². The predicted octanol–water partition coefficient (Wildman–Crippen LogP) is 4.26. The summed E-state index contributed by atoms with van der Waals surface area (Å²) in [6.45, 7) is 2.47. The van der Waals surface area contributed by atoms with E-state index in [1.165, 1.54) is 6.21 Å². The van der Waals surface area contributed by atoms with Gasteiger partial charge in [0, 0.05) is 29.1 Å². The van der Waals surface area contributed by atoms with E-state index in [1.54, 1.807) is 42.5 Å². The van der Waals surface area contributed by atoms with Crippen molar-refractivity contribution < 1.29 is 14.3 Å². The molecule has 0 aromatic heterocycles. The Hall–Kier alpha value is -2.57. The summed E-state index contributed by atoms with van der Waals surface area (Å²) in [6.07, 6.45) is 1.46. The summed E-state index contributed by atoms with van der Waals surface area (Å²) < 4.78 is 5.33. The topological polar surface area (TPSA) is 79.8 Å². The van der Waals surface area contributed by atoms with Gasteiger partial charge in [-0.05, 0) is 43.3 Å². The van der Waals surface area contributed by atoms with Crippen LogP contribution in [-0.2, 0) is 9.59 Å². The Labute approximate surface area is 167 Å². The largest absolute Gasteiger partial charge is 0.494 e. The van der Waals surface area contributed by atoms with E-state index in [4.69, 9.17) is 27.9 Å². The third-order valence-corrected chi connectivity index (χ3v) is 3.95. The van der Waals surface area contributed by atoms with Crippen LogP contribution in [0.4, 0.5) is 5.69 Å². The van der Waals surface area contributed by atoms with E-state index in [2.05, 4.69) is 15.8 Å². The zero-order valence-corrected chi connectivity index (χ0v) is 16.2. The van der Waals surface area contributed by atoms with E-state index in [9.17, 15) is 9.59 Å². The van der Waals surface area contributed by atoms with Crippen LogP contribution in [0.15, 0.2) is 47.6 Å². The molecule has 0 saturated carbocycles. The van der Waals surface area contributed by atoms with Crippen LogP contribution in [0, 0.1) is 0 Å². The molecule has 0 heterocycles. The van der Waals surface area contributed by atoms with Crippen molar-refractivity contribution in [2.75, 3.05) is 11.9 Å². The number of amides is 2. The lowest BCUT2D eigenvalue weighted by Gasteiger charge is -2.07. The number of rotatable bonds is 8. The zero-order chi connectivity index (χ0) is 19.6. The van der Waals surface area contributed by atoms with Crippen molar-refractivity contribution in [1.29, 1.82) is 0 Å². The highest BCUT2D eigenvalue weighted by molar-refractivity contribution is 6.36. The molecule has 0 atom stereocenters. The van der Waals surface area contributed by atoms with E-state index < -0.39 is 0 Å². The number of benzene rings is 2. The van der Waals surface area contributed by atoms with E-state index in [-0.39, 0.29) is 24.7 Å². The summed E-state index contributed by atoms with van der Waals surface area (Å²) in [5.41, 5.74) is 3.61. The summed E-state index contributed by atoms with van der Waals surface area (Å²) in [4.78, 5) is 23.7. The van der Waals surface area contributed by atoms with Crippen molar-refractivity contribution in [2.24, 2.45) is 5.10 Å². The fourth-order valence-electron chi connectivity index (χ4n) is 2.09. The molecule has 0 fully saturated rings. The second-order valence-electron chi connectivity index (χ2n) is 5.46. The lowest BCUT2D eigenvalue weighted by molar-refractivity contribution is -0.124. The summed E-state index contributed by atoms with van der Waals surface area (Å²) in [5.74, 6) is 0.0887. The summed E-state index contributed by atoms with van der Waals surface area (Å²) in [5, 5.41) is 7.48. The molecule has 0 unspecified atom stereocenters. The molecule has 0 spiro atoms. The molecular formula is C19H19Cl2N3O3. The first kappa shape index (κ1) is 20.7. The lowest BCUT2D eigenvalue weighted by Crippen LogP contribution is -2.20. The van der Waals surface area contributed by atoms with Gasteiger partial charge in [-0.25, -0.2) is 5.43 Å². The van der Waals surface area contributed by atoms with E-state index >= 15 is 0 Å². The number of hydrogen-bond donors (Lipinski definition) is 2. The number of carbonyl (C=O) groups excluding carboxylic acids is 2. The number of hydrogen-bond acceptors (Lipinski definition) is 4. The standard InChI is InChI=1S/C19H19Cl2N3O3/c1-2-27-16-7-5-15(6-8-16)23-18(25)9-10-19(26)24-22-12-13-3-4-14(20)11-17(13)21/h3-8,11-12H,2,9-10H2,1H3,(H,23,25)(H,24,26)/b22-12+. The normalized spacial score (nSPS) is 10.6. The van der Waals surface area contributed by atoms with E-state index in [0.29, 0.717) is 27.9 Å². The molecule has 0 saturated heterocycles. The molecule has 0 aliphatic heterocycles. The van der Waals surface area contributed by atoms with Crippen LogP contribution in [0.2, 0.25) is 10.0 Å². The van der Waals surface area contributed by atoms with Gasteiger partial charge in [0.15, 0.2) is 0 Å². The number of ether oxygens (including phenoxy) is 1. The Bertz CT molecular complexity index is 823. The minimum Gasteiger partial charge on any atom is -0.494 e. The molecule has 142 valence electrons. The highest BCUT2D eigenvalue weighted by Gasteiger charge is 2.07. The van der Waals surface area contributed by atoms with Gasteiger partial charge in [-0.3, -0.25) is 9.59 Å². The maximum absolute atomic E-state index is 11.9. The molecule has 0 aliphatic carbocycles. The highest BCUT2D eigenvalue weighted by atomic mass is 35.5. The molecule has 2 aromatic rings. The molecule has 0 aliphatic rings. The minimum absolute atomic E-state index is 0.00848. The van der Waals surface area contributed by atoms with Gasteiger partial charge in [0.2, 0.25) is 11.8 Å². The Kier molecular flexibility index (Phi) is 8.10. The van der Waals surface area contributed by atoms with Crippen molar-refractivity contribution in [3.63, 3.8) is 0 Å². The fraction of sp³-hybridized carbons (Fsp3) is 0.211. The monoisotopic (exact) mass is 407 g/mol. The van der Waals surface area contributed by atoms with Crippen LogP contribution >= 0.6 is 23.2 Å². The van der Waals surface area contributed by atoms with Crippen molar-refractivity contribution in [3.05, 3.63) is 58.1 Å².